The number of anilines is 1. The highest BCUT2D eigenvalue weighted by Gasteiger charge is 2.35. The van der Waals surface area contributed by atoms with Gasteiger partial charge in [-0.2, -0.15) is 13.2 Å². The highest BCUT2D eigenvalue weighted by Crippen LogP contribution is 2.38. The van der Waals surface area contributed by atoms with Crippen molar-refractivity contribution >= 4 is 24.0 Å². The quantitative estimate of drug-likeness (QED) is 0.816. The predicted octanol–water partition coefficient (Wildman–Crippen LogP) is 3.49. The van der Waals surface area contributed by atoms with Crippen molar-refractivity contribution in [3.8, 4) is 0 Å². The lowest BCUT2D eigenvalue weighted by atomic mass is 10.1. The van der Waals surface area contributed by atoms with E-state index in [1.54, 1.807) is 11.0 Å². The summed E-state index contributed by atoms with van der Waals surface area (Å²) in [5.74, 6) is 0. The largest absolute Gasteiger partial charge is 0.418 e. The minimum absolute atomic E-state index is 0.224. The van der Waals surface area contributed by atoms with Crippen LogP contribution in [-0.4, -0.2) is 13.1 Å². The van der Waals surface area contributed by atoms with Gasteiger partial charge in [0.05, 0.1) is 5.56 Å². The van der Waals surface area contributed by atoms with Crippen molar-refractivity contribution < 1.29 is 13.2 Å². The van der Waals surface area contributed by atoms with Gasteiger partial charge in [-0.3, -0.25) is 0 Å². The average Bonchev–Trinajstić information content (AvgIpc) is 2.90. The van der Waals surface area contributed by atoms with E-state index in [2.05, 4.69) is 12.6 Å². The molecule has 1 saturated heterocycles. The molecule has 0 aromatic heterocycles. The third kappa shape index (κ3) is 3.00. The summed E-state index contributed by atoms with van der Waals surface area (Å²) in [5.41, 5.74) is 5.78. The first-order valence-electron chi connectivity index (χ1n) is 6.00. The number of nitrogens with zero attached hydrogens (tertiary/aromatic N) is 1. The van der Waals surface area contributed by atoms with E-state index in [4.69, 9.17) is 5.73 Å². The molecule has 0 atom stereocenters. The van der Waals surface area contributed by atoms with Gasteiger partial charge in [-0.25, -0.2) is 0 Å². The molecule has 0 saturated carbocycles. The maximum absolute atomic E-state index is 13.1. The number of benzene rings is 1. The fraction of sp³-hybridized carbons (Fsp3) is 0.385. The SMILES string of the molecule is N/C(=C\S)c1ccc(N2CCCC2)c(C(F)(F)F)c1. The average molecular weight is 288 g/mol. The van der Waals surface area contributed by atoms with Gasteiger partial charge in [-0.1, -0.05) is 6.07 Å². The molecule has 0 radical (unpaired) electrons. The van der Waals surface area contributed by atoms with Crippen molar-refractivity contribution in [2.24, 2.45) is 5.73 Å². The van der Waals surface area contributed by atoms with E-state index in [-0.39, 0.29) is 11.4 Å². The van der Waals surface area contributed by atoms with Crippen molar-refractivity contribution in [2.45, 2.75) is 19.0 Å². The summed E-state index contributed by atoms with van der Waals surface area (Å²) in [6.07, 6.45) is -2.53. The van der Waals surface area contributed by atoms with Gasteiger partial charge in [0.2, 0.25) is 0 Å². The molecule has 19 heavy (non-hydrogen) atoms. The Balaban J connectivity index is 2.48. The maximum Gasteiger partial charge on any atom is 0.418 e. The van der Waals surface area contributed by atoms with Crippen LogP contribution >= 0.6 is 12.6 Å². The van der Waals surface area contributed by atoms with E-state index in [0.29, 0.717) is 18.7 Å². The molecule has 0 aliphatic carbocycles. The molecule has 1 aromatic rings. The zero-order chi connectivity index (χ0) is 14.0. The van der Waals surface area contributed by atoms with Crippen LogP contribution < -0.4 is 10.6 Å². The monoisotopic (exact) mass is 288 g/mol. The molecular weight excluding hydrogens is 273 g/mol. The summed E-state index contributed by atoms with van der Waals surface area (Å²) in [4.78, 5) is 1.77. The van der Waals surface area contributed by atoms with Gasteiger partial charge >= 0.3 is 6.18 Å². The second-order valence-corrected chi connectivity index (χ2v) is 4.77. The topological polar surface area (TPSA) is 29.3 Å². The summed E-state index contributed by atoms with van der Waals surface area (Å²) in [7, 11) is 0. The van der Waals surface area contributed by atoms with Gasteiger partial charge in [0.15, 0.2) is 0 Å². The fourth-order valence-corrected chi connectivity index (χ4v) is 2.40. The lowest BCUT2D eigenvalue weighted by Gasteiger charge is -2.23. The van der Waals surface area contributed by atoms with Crippen molar-refractivity contribution in [3.05, 3.63) is 34.7 Å². The van der Waals surface area contributed by atoms with Crippen LogP contribution in [0.25, 0.3) is 5.70 Å². The first kappa shape index (κ1) is 14.1. The van der Waals surface area contributed by atoms with Crippen LogP contribution in [0.15, 0.2) is 23.6 Å². The molecule has 0 unspecified atom stereocenters. The third-order valence-corrected chi connectivity index (χ3v) is 3.50. The van der Waals surface area contributed by atoms with Crippen molar-refractivity contribution in [1.29, 1.82) is 0 Å². The van der Waals surface area contributed by atoms with Crippen LogP contribution in [0.4, 0.5) is 18.9 Å². The van der Waals surface area contributed by atoms with Crippen molar-refractivity contribution in [2.75, 3.05) is 18.0 Å². The van der Waals surface area contributed by atoms with Crippen LogP contribution in [0.3, 0.4) is 0 Å². The Morgan fingerprint density at radius 2 is 1.89 bits per heavy atom. The maximum atomic E-state index is 13.1. The predicted molar refractivity (Wildman–Crippen MR) is 74.0 cm³/mol. The molecule has 6 heteroatoms. The van der Waals surface area contributed by atoms with Gasteiger partial charge < -0.3 is 10.6 Å². The van der Waals surface area contributed by atoms with E-state index in [9.17, 15) is 13.2 Å². The summed E-state index contributed by atoms with van der Waals surface area (Å²) in [6, 6.07) is 4.19. The van der Waals surface area contributed by atoms with Gasteiger partial charge in [0, 0.05) is 24.5 Å². The molecule has 2 rings (SSSR count). The Hall–Kier alpha value is -1.30. The molecule has 1 heterocycles. The molecule has 2 N–H and O–H groups in total. The second-order valence-electron chi connectivity index (χ2n) is 4.51. The zero-order valence-corrected chi connectivity index (χ0v) is 11.1. The van der Waals surface area contributed by atoms with Crippen LogP contribution in [0.5, 0.6) is 0 Å². The van der Waals surface area contributed by atoms with Gasteiger partial charge in [0.25, 0.3) is 0 Å². The van der Waals surface area contributed by atoms with Gasteiger partial charge in [0.1, 0.15) is 0 Å². The number of thiol groups is 1. The van der Waals surface area contributed by atoms with Crippen LogP contribution in [0.1, 0.15) is 24.0 Å². The lowest BCUT2D eigenvalue weighted by molar-refractivity contribution is -0.137. The third-order valence-electron chi connectivity index (χ3n) is 3.22. The number of halogens is 3. The van der Waals surface area contributed by atoms with Gasteiger partial charge in [-0.15, -0.1) is 12.6 Å². The second kappa shape index (κ2) is 5.36. The molecule has 0 spiro atoms. The molecule has 0 bridgehead atoms. The molecule has 1 aliphatic rings. The van der Waals surface area contributed by atoms with Crippen LogP contribution in [-0.2, 0) is 6.18 Å². The highest BCUT2D eigenvalue weighted by atomic mass is 32.1. The summed E-state index contributed by atoms with van der Waals surface area (Å²) in [5, 5.41) is 1.30. The Bertz CT molecular complexity index is 491. The lowest BCUT2D eigenvalue weighted by Crippen LogP contribution is -2.22. The fourth-order valence-electron chi connectivity index (χ4n) is 2.25. The summed E-state index contributed by atoms with van der Waals surface area (Å²) < 4.78 is 39.4. The minimum atomic E-state index is -4.38. The minimum Gasteiger partial charge on any atom is -0.398 e. The number of alkyl halides is 3. The van der Waals surface area contributed by atoms with E-state index in [1.165, 1.54) is 11.5 Å². The summed E-state index contributed by atoms with van der Waals surface area (Å²) >= 11 is 3.87. The number of hydrogen-bond donors (Lipinski definition) is 2. The normalized spacial score (nSPS) is 17.1. The van der Waals surface area contributed by atoms with E-state index in [0.717, 1.165) is 18.9 Å². The Morgan fingerprint density at radius 1 is 1.26 bits per heavy atom. The molecule has 104 valence electrons. The molecule has 0 amide bonds. The van der Waals surface area contributed by atoms with Crippen molar-refractivity contribution in [1.82, 2.24) is 0 Å². The first-order valence-corrected chi connectivity index (χ1v) is 6.51. The van der Waals surface area contributed by atoms with Crippen molar-refractivity contribution in [3.63, 3.8) is 0 Å². The number of rotatable bonds is 2. The van der Waals surface area contributed by atoms with Crippen LogP contribution in [0.2, 0.25) is 0 Å². The highest BCUT2D eigenvalue weighted by molar-refractivity contribution is 7.83. The smallest absolute Gasteiger partial charge is 0.398 e. The van der Waals surface area contributed by atoms with E-state index < -0.39 is 11.7 Å². The van der Waals surface area contributed by atoms with Gasteiger partial charge in [-0.05, 0) is 35.9 Å². The molecule has 2 nitrogen and oxygen atoms in total. The number of hydrogen-bond acceptors (Lipinski definition) is 3. The standard InChI is InChI=1S/C13H15F3N2S/c14-13(15,16)10-7-9(11(17)8-19)3-4-12(10)18-5-1-2-6-18/h3-4,7-8,19H,1-2,5-6,17H2/b11-8-. The Labute approximate surface area is 115 Å². The first-order chi connectivity index (χ1) is 8.93. The van der Waals surface area contributed by atoms with E-state index >= 15 is 0 Å². The molecule has 1 fully saturated rings. The Kier molecular flexibility index (Phi) is 3.99. The number of nitrogens with two attached hydrogens (primary N) is 1. The Morgan fingerprint density at radius 3 is 2.42 bits per heavy atom. The molecular formula is C13H15F3N2S. The molecule has 1 aliphatic heterocycles. The summed E-state index contributed by atoms with van der Waals surface area (Å²) in [6.45, 7) is 1.33. The zero-order valence-electron chi connectivity index (χ0n) is 10.2. The van der Waals surface area contributed by atoms with E-state index in [1.807, 2.05) is 0 Å². The van der Waals surface area contributed by atoms with Crippen LogP contribution in [0, 0.1) is 0 Å². The molecule has 1 aromatic carbocycles.